The Kier molecular flexibility index (Phi) is 4.80. The molecule has 1 aromatic carbocycles. The molecule has 1 heterocycles. The molecular weight excluding hydrogens is 312 g/mol. The first-order valence-electron chi connectivity index (χ1n) is 7.64. The summed E-state index contributed by atoms with van der Waals surface area (Å²) in [5, 5.41) is 3.75. The van der Waals surface area contributed by atoms with Gasteiger partial charge in [-0.1, -0.05) is 26.8 Å². The summed E-state index contributed by atoms with van der Waals surface area (Å²) in [4.78, 5) is 2.60. The van der Waals surface area contributed by atoms with Crippen molar-refractivity contribution < 1.29 is 0 Å². The maximum Gasteiger partial charge on any atom is 0.0517 e. The number of nitrogens with one attached hydrogen (secondary N) is 1. The third-order valence-electron chi connectivity index (χ3n) is 4.62. The maximum atomic E-state index is 3.75. The molecule has 3 heteroatoms. The van der Waals surface area contributed by atoms with Gasteiger partial charge in [0.1, 0.15) is 0 Å². The van der Waals surface area contributed by atoms with E-state index < -0.39 is 0 Å². The summed E-state index contributed by atoms with van der Waals surface area (Å²) in [6, 6.07) is 7.20. The normalized spacial score (nSPS) is 27.1. The Morgan fingerprint density at radius 1 is 1.45 bits per heavy atom. The number of benzene rings is 1. The van der Waals surface area contributed by atoms with Crippen LogP contribution >= 0.6 is 15.9 Å². The number of piperazine rings is 1. The van der Waals surface area contributed by atoms with E-state index in [1.807, 2.05) is 0 Å². The Hall–Kier alpha value is -0.540. The van der Waals surface area contributed by atoms with Crippen molar-refractivity contribution in [2.24, 2.45) is 5.92 Å². The summed E-state index contributed by atoms with van der Waals surface area (Å²) in [5.74, 6) is 0.635. The highest BCUT2D eigenvalue weighted by Crippen LogP contribution is 2.34. The third-order valence-corrected chi connectivity index (χ3v) is 5.29. The first-order valence-corrected chi connectivity index (χ1v) is 8.43. The Morgan fingerprint density at radius 3 is 2.75 bits per heavy atom. The van der Waals surface area contributed by atoms with E-state index in [9.17, 15) is 0 Å². The van der Waals surface area contributed by atoms with Gasteiger partial charge < -0.3 is 10.2 Å². The first kappa shape index (κ1) is 15.8. The number of hydrogen-bond donors (Lipinski definition) is 1. The van der Waals surface area contributed by atoms with E-state index in [1.165, 1.54) is 15.7 Å². The fourth-order valence-electron chi connectivity index (χ4n) is 2.95. The van der Waals surface area contributed by atoms with E-state index in [1.54, 1.807) is 0 Å². The Labute approximate surface area is 132 Å². The molecule has 112 valence electrons. The van der Waals surface area contributed by atoms with Gasteiger partial charge in [-0.05, 0) is 59.8 Å². The van der Waals surface area contributed by atoms with Crippen LogP contribution in [0.5, 0.6) is 0 Å². The quantitative estimate of drug-likeness (QED) is 0.880. The van der Waals surface area contributed by atoms with Gasteiger partial charge in [-0.2, -0.15) is 0 Å². The summed E-state index contributed by atoms with van der Waals surface area (Å²) in [5.41, 5.74) is 2.86. The topological polar surface area (TPSA) is 15.3 Å². The molecule has 2 rings (SSSR count). The molecule has 1 aliphatic rings. The molecule has 1 aromatic rings. The molecule has 2 nitrogen and oxygen atoms in total. The minimum absolute atomic E-state index is 0.203. The zero-order chi connectivity index (χ0) is 14.9. The molecule has 0 saturated carbocycles. The minimum Gasteiger partial charge on any atom is -0.364 e. The minimum atomic E-state index is 0.203. The van der Waals surface area contributed by atoms with Gasteiger partial charge in [-0.3, -0.25) is 0 Å². The molecule has 0 aliphatic carbocycles. The van der Waals surface area contributed by atoms with Crippen LogP contribution < -0.4 is 10.2 Å². The largest absolute Gasteiger partial charge is 0.364 e. The van der Waals surface area contributed by atoms with Gasteiger partial charge in [0.2, 0.25) is 0 Å². The molecule has 0 aromatic heterocycles. The SMILES string of the molecule is CCC1(C)CN(c2cc(C)ccc2Br)C(C(C)C)CN1. The van der Waals surface area contributed by atoms with Crippen LogP contribution in [-0.4, -0.2) is 24.7 Å². The summed E-state index contributed by atoms with van der Waals surface area (Å²) in [6.07, 6.45) is 1.15. The van der Waals surface area contributed by atoms with Crippen molar-refractivity contribution in [1.29, 1.82) is 0 Å². The second-order valence-electron chi connectivity index (χ2n) is 6.69. The number of nitrogens with zero attached hydrogens (tertiary/aromatic N) is 1. The highest BCUT2D eigenvalue weighted by Gasteiger charge is 2.36. The molecule has 1 fully saturated rings. The number of aryl methyl sites for hydroxylation is 1. The van der Waals surface area contributed by atoms with Crippen molar-refractivity contribution >= 4 is 21.6 Å². The van der Waals surface area contributed by atoms with Crippen molar-refractivity contribution in [2.45, 2.75) is 52.6 Å². The molecule has 1 aliphatic heterocycles. The maximum absolute atomic E-state index is 3.75. The lowest BCUT2D eigenvalue weighted by atomic mass is 9.89. The molecule has 0 radical (unpaired) electrons. The molecule has 2 unspecified atom stereocenters. The number of halogens is 1. The molecule has 20 heavy (non-hydrogen) atoms. The average Bonchev–Trinajstić information content (AvgIpc) is 2.41. The van der Waals surface area contributed by atoms with Gasteiger partial charge in [-0.25, -0.2) is 0 Å². The van der Waals surface area contributed by atoms with Crippen LogP contribution in [-0.2, 0) is 0 Å². The summed E-state index contributed by atoms with van der Waals surface area (Å²) < 4.78 is 1.20. The van der Waals surface area contributed by atoms with Crippen molar-refractivity contribution in [2.75, 3.05) is 18.0 Å². The lowest BCUT2D eigenvalue weighted by molar-refractivity contribution is 0.253. The average molecular weight is 339 g/mol. The van der Waals surface area contributed by atoms with E-state index in [2.05, 4.69) is 79.0 Å². The zero-order valence-corrected chi connectivity index (χ0v) is 14.9. The van der Waals surface area contributed by atoms with Crippen molar-refractivity contribution in [3.8, 4) is 0 Å². The van der Waals surface area contributed by atoms with Gasteiger partial charge in [0, 0.05) is 29.1 Å². The van der Waals surface area contributed by atoms with Gasteiger partial charge >= 0.3 is 0 Å². The van der Waals surface area contributed by atoms with Crippen molar-refractivity contribution in [3.05, 3.63) is 28.2 Å². The molecular formula is C17H27BrN2. The Morgan fingerprint density at radius 2 is 2.15 bits per heavy atom. The predicted molar refractivity (Wildman–Crippen MR) is 91.5 cm³/mol. The first-order chi connectivity index (χ1) is 9.36. The lowest BCUT2D eigenvalue weighted by Gasteiger charge is -2.49. The standard InChI is InChI=1S/C17H27BrN2/c1-6-17(5)11-20(16(10-19-17)12(2)3)15-9-13(4)7-8-14(15)18/h7-9,12,16,19H,6,10-11H2,1-5H3. The van der Waals surface area contributed by atoms with Crippen LogP contribution in [0.2, 0.25) is 0 Å². The molecule has 2 atom stereocenters. The Bertz CT molecular complexity index is 472. The third kappa shape index (κ3) is 3.20. The van der Waals surface area contributed by atoms with Crippen LogP contribution in [0.1, 0.15) is 39.7 Å². The van der Waals surface area contributed by atoms with E-state index in [0.717, 1.165) is 19.5 Å². The van der Waals surface area contributed by atoms with Crippen LogP contribution in [0.25, 0.3) is 0 Å². The monoisotopic (exact) mass is 338 g/mol. The number of hydrogen-bond acceptors (Lipinski definition) is 2. The predicted octanol–water partition coefficient (Wildman–Crippen LogP) is 4.36. The fraction of sp³-hybridized carbons (Fsp3) is 0.647. The van der Waals surface area contributed by atoms with Crippen LogP contribution in [0, 0.1) is 12.8 Å². The van der Waals surface area contributed by atoms with Crippen LogP contribution in [0.4, 0.5) is 5.69 Å². The van der Waals surface area contributed by atoms with Gasteiger partial charge in [0.05, 0.1) is 5.69 Å². The summed E-state index contributed by atoms with van der Waals surface area (Å²) in [6.45, 7) is 13.5. The fourth-order valence-corrected chi connectivity index (χ4v) is 3.42. The van der Waals surface area contributed by atoms with E-state index >= 15 is 0 Å². The number of rotatable bonds is 3. The smallest absolute Gasteiger partial charge is 0.0517 e. The molecule has 1 N–H and O–H groups in total. The highest BCUT2D eigenvalue weighted by molar-refractivity contribution is 9.10. The number of anilines is 1. The summed E-state index contributed by atoms with van der Waals surface area (Å²) in [7, 11) is 0. The molecule has 0 bridgehead atoms. The van der Waals surface area contributed by atoms with Crippen molar-refractivity contribution in [1.82, 2.24) is 5.32 Å². The van der Waals surface area contributed by atoms with Gasteiger partial charge in [-0.15, -0.1) is 0 Å². The molecule has 0 amide bonds. The highest BCUT2D eigenvalue weighted by atomic mass is 79.9. The Balaban J connectivity index is 2.39. The van der Waals surface area contributed by atoms with Gasteiger partial charge in [0.15, 0.2) is 0 Å². The lowest BCUT2D eigenvalue weighted by Crippen LogP contribution is -2.64. The zero-order valence-electron chi connectivity index (χ0n) is 13.3. The van der Waals surface area contributed by atoms with E-state index in [4.69, 9.17) is 0 Å². The molecule has 0 spiro atoms. The van der Waals surface area contributed by atoms with Crippen LogP contribution in [0.15, 0.2) is 22.7 Å². The van der Waals surface area contributed by atoms with E-state index in [0.29, 0.717) is 12.0 Å². The van der Waals surface area contributed by atoms with Crippen molar-refractivity contribution in [3.63, 3.8) is 0 Å². The molecule has 1 saturated heterocycles. The second-order valence-corrected chi connectivity index (χ2v) is 7.54. The van der Waals surface area contributed by atoms with Crippen LogP contribution in [0.3, 0.4) is 0 Å². The second kappa shape index (κ2) is 6.07. The van der Waals surface area contributed by atoms with E-state index in [-0.39, 0.29) is 5.54 Å². The summed E-state index contributed by atoms with van der Waals surface area (Å²) >= 11 is 3.74. The van der Waals surface area contributed by atoms with Gasteiger partial charge in [0.25, 0.3) is 0 Å².